The van der Waals surface area contributed by atoms with E-state index in [2.05, 4.69) is 35.4 Å². The molecule has 1 N–H and O–H groups in total. The van der Waals surface area contributed by atoms with E-state index in [1.165, 1.54) is 11.8 Å². The Labute approximate surface area is 168 Å². The molecule has 142 valence electrons. The maximum Gasteiger partial charge on any atom is 0.237 e. The Morgan fingerprint density at radius 3 is 2.63 bits per heavy atom. The molecule has 1 unspecified atom stereocenters. The molecule has 27 heavy (non-hydrogen) atoms. The third-order valence-corrected chi connectivity index (χ3v) is 6.40. The highest BCUT2D eigenvalue weighted by Crippen LogP contribution is 2.30. The summed E-state index contributed by atoms with van der Waals surface area (Å²) in [4.78, 5) is 13.9. The van der Waals surface area contributed by atoms with E-state index in [0.29, 0.717) is 5.92 Å². The topological polar surface area (TPSA) is 59.8 Å². The van der Waals surface area contributed by atoms with Crippen LogP contribution in [0.1, 0.15) is 37.8 Å². The molecular weight excluding hydrogens is 376 g/mol. The van der Waals surface area contributed by atoms with Gasteiger partial charge in [-0.15, -0.1) is 21.5 Å². The highest BCUT2D eigenvalue weighted by Gasteiger charge is 2.21. The molecule has 5 nitrogen and oxygen atoms in total. The molecule has 1 atom stereocenters. The van der Waals surface area contributed by atoms with Gasteiger partial charge in [-0.05, 0) is 42.3 Å². The third kappa shape index (κ3) is 4.25. The maximum absolute atomic E-state index is 12.8. The fourth-order valence-corrected chi connectivity index (χ4v) is 4.38. The van der Waals surface area contributed by atoms with E-state index in [4.69, 9.17) is 0 Å². The van der Waals surface area contributed by atoms with E-state index in [-0.39, 0.29) is 11.2 Å². The minimum absolute atomic E-state index is 0.0307. The van der Waals surface area contributed by atoms with Crippen molar-refractivity contribution in [2.24, 2.45) is 7.05 Å². The minimum atomic E-state index is -0.288. The van der Waals surface area contributed by atoms with E-state index < -0.39 is 0 Å². The zero-order valence-electron chi connectivity index (χ0n) is 16.2. The number of amides is 1. The van der Waals surface area contributed by atoms with Gasteiger partial charge in [0.1, 0.15) is 0 Å². The van der Waals surface area contributed by atoms with Gasteiger partial charge >= 0.3 is 0 Å². The molecule has 7 heteroatoms. The molecule has 0 aliphatic heterocycles. The molecule has 0 fully saturated rings. The number of aromatic nitrogens is 3. The summed E-state index contributed by atoms with van der Waals surface area (Å²) in [5, 5.41) is 14.1. The highest BCUT2D eigenvalue weighted by atomic mass is 32.2. The fraction of sp³-hybridized carbons (Fsp3) is 0.350. The van der Waals surface area contributed by atoms with Crippen LogP contribution < -0.4 is 5.32 Å². The molecule has 0 spiro atoms. The van der Waals surface area contributed by atoms with Crippen LogP contribution in [0.3, 0.4) is 0 Å². The molecule has 0 radical (unpaired) electrons. The fourth-order valence-electron chi connectivity index (χ4n) is 2.82. The van der Waals surface area contributed by atoms with Crippen LogP contribution in [0.4, 0.5) is 5.69 Å². The quantitative estimate of drug-likeness (QED) is 0.585. The number of anilines is 1. The van der Waals surface area contributed by atoms with E-state index in [1.54, 1.807) is 11.3 Å². The van der Waals surface area contributed by atoms with Crippen molar-refractivity contribution in [3.8, 4) is 10.7 Å². The lowest BCUT2D eigenvalue weighted by molar-refractivity contribution is -0.115. The van der Waals surface area contributed by atoms with Gasteiger partial charge in [-0.1, -0.05) is 49.9 Å². The van der Waals surface area contributed by atoms with Crippen LogP contribution in [0.2, 0.25) is 0 Å². The summed E-state index contributed by atoms with van der Waals surface area (Å²) in [5.74, 6) is 1.13. The average molecular weight is 401 g/mol. The molecule has 0 saturated carbocycles. The predicted molar refractivity (Wildman–Crippen MR) is 114 cm³/mol. The molecular formula is C20H24N4OS2. The predicted octanol–water partition coefficient (Wildman–Crippen LogP) is 5.09. The SMILES string of the molecule is Cc1cccc(C(C)C)c1NC(=O)C(C)Sc1nnc(-c2cccs2)n1C. The Balaban J connectivity index is 1.74. The van der Waals surface area contributed by atoms with E-state index in [0.717, 1.165) is 32.7 Å². The molecule has 1 aromatic carbocycles. The molecule has 3 aromatic rings. The van der Waals surface area contributed by atoms with Crippen LogP contribution in [0.25, 0.3) is 10.7 Å². The van der Waals surface area contributed by atoms with Gasteiger partial charge in [0.2, 0.25) is 5.91 Å². The number of thioether (sulfide) groups is 1. The number of rotatable bonds is 6. The second-order valence-electron chi connectivity index (χ2n) is 6.79. The summed E-state index contributed by atoms with van der Waals surface area (Å²) >= 11 is 3.04. The summed E-state index contributed by atoms with van der Waals surface area (Å²) in [6, 6.07) is 10.1. The van der Waals surface area contributed by atoms with Gasteiger partial charge in [0.05, 0.1) is 10.1 Å². The van der Waals surface area contributed by atoms with Crippen LogP contribution >= 0.6 is 23.1 Å². The lowest BCUT2D eigenvalue weighted by Crippen LogP contribution is -2.24. The number of hydrogen-bond donors (Lipinski definition) is 1. The summed E-state index contributed by atoms with van der Waals surface area (Å²) < 4.78 is 1.94. The lowest BCUT2D eigenvalue weighted by Gasteiger charge is -2.18. The van der Waals surface area contributed by atoms with Gasteiger partial charge in [-0.2, -0.15) is 0 Å². The summed E-state index contributed by atoms with van der Waals surface area (Å²) in [7, 11) is 1.93. The number of nitrogens with one attached hydrogen (secondary N) is 1. The smallest absolute Gasteiger partial charge is 0.237 e. The van der Waals surface area contributed by atoms with Crippen molar-refractivity contribution in [1.82, 2.24) is 14.8 Å². The van der Waals surface area contributed by atoms with E-state index >= 15 is 0 Å². The van der Waals surface area contributed by atoms with Crippen LogP contribution in [-0.4, -0.2) is 25.9 Å². The first-order chi connectivity index (χ1) is 12.9. The van der Waals surface area contributed by atoms with Crippen LogP contribution in [-0.2, 0) is 11.8 Å². The van der Waals surface area contributed by atoms with Crippen molar-refractivity contribution >= 4 is 34.7 Å². The largest absolute Gasteiger partial charge is 0.325 e. The van der Waals surface area contributed by atoms with Gasteiger partial charge in [0.25, 0.3) is 0 Å². The first kappa shape index (κ1) is 19.6. The van der Waals surface area contributed by atoms with Gasteiger partial charge < -0.3 is 9.88 Å². The van der Waals surface area contributed by atoms with Crippen molar-refractivity contribution < 1.29 is 4.79 Å². The van der Waals surface area contributed by atoms with Crippen LogP contribution in [0.5, 0.6) is 0 Å². The molecule has 3 rings (SSSR count). The van der Waals surface area contributed by atoms with Gasteiger partial charge in [0.15, 0.2) is 11.0 Å². The molecule has 0 bridgehead atoms. The number of aryl methyl sites for hydroxylation is 1. The van der Waals surface area contributed by atoms with Crippen molar-refractivity contribution in [3.05, 3.63) is 46.8 Å². The highest BCUT2D eigenvalue weighted by molar-refractivity contribution is 8.00. The maximum atomic E-state index is 12.8. The number of hydrogen-bond acceptors (Lipinski definition) is 5. The number of benzene rings is 1. The Morgan fingerprint density at radius 1 is 1.19 bits per heavy atom. The zero-order chi connectivity index (χ0) is 19.6. The van der Waals surface area contributed by atoms with Crippen molar-refractivity contribution in [3.63, 3.8) is 0 Å². The Morgan fingerprint density at radius 2 is 1.96 bits per heavy atom. The number of carbonyl (C=O) groups excluding carboxylic acids is 1. The lowest BCUT2D eigenvalue weighted by atomic mass is 9.98. The van der Waals surface area contributed by atoms with Crippen molar-refractivity contribution in [2.45, 2.75) is 44.0 Å². The van der Waals surface area contributed by atoms with Crippen LogP contribution in [0.15, 0.2) is 40.9 Å². The number of nitrogens with zero attached hydrogens (tertiary/aromatic N) is 3. The number of thiophene rings is 1. The summed E-state index contributed by atoms with van der Waals surface area (Å²) in [6.07, 6.45) is 0. The third-order valence-electron chi connectivity index (χ3n) is 4.40. The van der Waals surface area contributed by atoms with Crippen LogP contribution in [0, 0.1) is 6.92 Å². The standard InChI is InChI=1S/C20H24N4OS2/c1-12(2)15-9-6-8-13(3)17(15)21-19(25)14(4)27-20-23-22-18(24(20)5)16-10-7-11-26-16/h6-12,14H,1-5H3,(H,21,25). The molecule has 0 saturated heterocycles. The summed E-state index contributed by atoms with van der Waals surface area (Å²) in [6.45, 7) is 8.19. The summed E-state index contributed by atoms with van der Waals surface area (Å²) in [5.41, 5.74) is 3.15. The van der Waals surface area contributed by atoms with Crippen molar-refractivity contribution in [1.29, 1.82) is 0 Å². The number of para-hydroxylation sites is 1. The first-order valence-electron chi connectivity index (χ1n) is 8.88. The monoisotopic (exact) mass is 400 g/mol. The second kappa shape index (κ2) is 8.27. The molecule has 1 amide bonds. The molecule has 2 aromatic heterocycles. The molecule has 0 aliphatic carbocycles. The van der Waals surface area contributed by atoms with E-state index in [1.807, 2.05) is 55.1 Å². The van der Waals surface area contributed by atoms with Gasteiger partial charge in [-0.3, -0.25) is 4.79 Å². The number of carbonyl (C=O) groups is 1. The molecule has 0 aliphatic rings. The molecule has 2 heterocycles. The normalized spacial score (nSPS) is 12.4. The Bertz CT molecular complexity index is 932. The Hall–Kier alpha value is -2.12. The second-order valence-corrected chi connectivity index (χ2v) is 9.04. The van der Waals surface area contributed by atoms with Gasteiger partial charge in [0, 0.05) is 12.7 Å². The van der Waals surface area contributed by atoms with Gasteiger partial charge in [-0.25, -0.2) is 0 Å². The zero-order valence-corrected chi connectivity index (χ0v) is 17.8. The Kier molecular flexibility index (Phi) is 6.01. The minimum Gasteiger partial charge on any atom is -0.325 e. The first-order valence-corrected chi connectivity index (χ1v) is 10.6. The van der Waals surface area contributed by atoms with Crippen molar-refractivity contribution in [2.75, 3.05) is 5.32 Å². The average Bonchev–Trinajstić information content (AvgIpc) is 3.27. The van der Waals surface area contributed by atoms with E-state index in [9.17, 15) is 4.79 Å².